The van der Waals surface area contributed by atoms with E-state index in [1.54, 1.807) is 0 Å². The number of nitrogens with two attached hydrogens (primary N) is 2. The third-order valence-electron chi connectivity index (χ3n) is 0.736. The third-order valence-corrected chi connectivity index (χ3v) is 0.736. The second kappa shape index (κ2) is 4.02. The van der Waals surface area contributed by atoms with Gasteiger partial charge in [0, 0.05) is 6.54 Å². The van der Waals surface area contributed by atoms with Gasteiger partial charge < -0.3 is 11.5 Å². The highest BCUT2D eigenvalue weighted by atomic mass is 19.1. The molecule has 0 aromatic heterocycles. The first-order valence-electron chi connectivity index (χ1n) is 2.35. The minimum atomic E-state index is -0.898. The molecule has 0 saturated heterocycles. The zero-order chi connectivity index (χ0) is 5.70. The third kappa shape index (κ3) is 3.69. The second-order valence-electron chi connectivity index (χ2n) is 1.41. The lowest BCUT2D eigenvalue weighted by Gasteiger charge is -1.98. The fraction of sp³-hybridized carbons (Fsp3) is 1.00. The van der Waals surface area contributed by atoms with Crippen LogP contribution in [0.3, 0.4) is 0 Å². The molecule has 7 heavy (non-hydrogen) atoms. The molecule has 0 aliphatic heterocycles. The van der Waals surface area contributed by atoms with Gasteiger partial charge in [-0.15, -0.1) is 0 Å². The fourth-order valence-corrected chi connectivity index (χ4v) is 0.299. The van der Waals surface area contributed by atoms with Crippen molar-refractivity contribution in [2.45, 2.75) is 12.6 Å². The molecule has 2 nitrogen and oxygen atoms in total. The van der Waals surface area contributed by atoms with Gasteiger partial charge in [-0.25, -0.2) is 4.39 Å². The summed E-state index contributed by atoms with van der Waals surface area (Å²) in [6, 6.07) is 0. The zero-order valence-corrected chi connectivity index (χ0v) is 4.23. The van der Waals surface area contributed by atoms with Crippen LogP contribution in [0.5, 0.6) is 0 Å². The molecule has 1 atom stereocenters. The number of hydrogen-bond acceptors (Lipinski definition) is 2. The summed E-state index contributed by atoms with van der Waals surface area (Å²) < 4.78 is 11.9. The average Bonchev–Trinajstić information content (AvgIpc) is 1.68. The van der Waals surface area contributed by atoms with Crippen molar-refractivity contribution in [2.24, 2.45) is 11.5 Å². The first-order chi connectivity index (χ1) is 3.31. The Morgan fingerprint density at radius 1 is 1.43 bits per heavy atom. The van der Waals surface area contributed by atoms with Crippen LogP contribution in [0, 0.1) is 0 Å². The number of hydrogen-bond donors (Lipinski definition) is 2. The Labute approximate surface area is 42.7 Å². The predicted molar refractivity (Wildman–Crippen MR) is 27.6 cm³/mol. The highest BCUT2D eigenvalue weighted by molar-refractivity contribution is 4.54. The molecule has 0 saturated carbocycles. The van der Waals surface area contributed by atoms with E-state index in [1.165, 1.54) is 0 Å². The molecule has 0 aliphatic carbocycles. The minimum Gasteiger partial charge on any atom is -0.330 e. The first-order valence-corrected chi connectivity index (χ1v) is 2.35. The quantitative estimate of drug-likeness (QED) is 0.516. The molecule has 0 bridgehead atoms. The number of alkyl halides is 1. The van der Waals surface area contributed by atoms with Crippen LogP contribution in [0.4, 0.5) is 4.39 Å². The van der Waals surface area contributed by atoms with Gasteiger partial charge >= 0.3 is 0 Å². The topological polar surface area (TPSA) is 52.0 Å². The molecule has 0 fully saturated rings. The molecule has 4 N–H and O–H groups in total. The van der Waals surface area contributed by atoms with Crippen LogP contribution >= 0.6 is 0 Å². The molecule has 0 rings (SSSR count). The van der Waals surface area contributed by atoms with Gasteiger partial charge in [-0.1, -0.05) is 0 Å². The van der Waals surface area contributed by atoms with Crippen LogP contribution in [0.25, 0.3) is 0 Å². The lowest BCUT2D eigenvalue weighted by Crippen LogP contribution is -2.18. The predicted octanol–water partition coefficient (Wildman–Crippen LogP) is -0.368. The van der Waals surface area contributed by atoms with Crippen molar-refractivity contribution >= 4 is 0 Å². The van der Waals surface area contributed by atoms with Crippen LogP contribution in [-0.4, -0.2) is 19.3 Å². The Morgan fingerprint density at radius 2 is 2.00 bits per heavy atom. The van der Waals surface area contributed by atoms with E-state index < -0.39 is 6.17 Å². The standard InChI is InChI=1S/C4H11FN2/c5-4(3-7)1-2-6/h4H,1-3,6-7H2. The Morgan fingerprint density at radius 3 is 2.14 bits per heavy atom. The lowest BCUT2D eigenvalue weighted by atomic mass is 10.3. The Kier molecular flexibility index (Phi) is 3.93. The monoisotopic (exact) mass is 106 g/mol. The van der Waals surface area contributed by atoms with Gasteiger partial charge in [0.15, 0.2) is 0 Å². The summed E-state index contributed by atoms with van der Waals surface area (Å²) in [5, 5.41) is 0. The van der Waals surface area contributed by atoms with Crippen molar-refractivity contribution in [3.8, 4) is 0 Å². The number of rotatable bonds is 3. The summed E-state index contributed by atoms with van der Waals surface area (Å²) >= 11 is 0. The van der Waals surface area contributed by atoms with Crippen LogP contribution in [0.2, 0.25) is 0 Å². The van der Waals surface area contributed by atoms with E-state index in [2.05, 4.69) is 0 Å². The summed E-state index contributed by atoms with van der Waals surface area (Å²) in [4.78, 5) is 0. The molecule has 0 heterocycles. The number of halogens is 1. The molecule has 0 spiro atoms. The van der Waals surface area contributed by atoms with Crippen molar-refractivity contribution in [2.75, 3.05) is 13.1 Å². The van der Waals surface area contributed by atoms with Crippen LogP contribution in [0.15, 0.2) is 0 Å². The van der Waals surface area contributed by atoms with Crippen molar-refractivity contribution in [1.29, 1.82) is 0 Å². The minimum absolute atomic E-state index is 0.0944. The Hall–Kier alpha value is -0.150. The van der Waals surface area contributed by atoms with Gasteiger partial charge in [0.25, 0.3) is 0 Å². The molecular weight excluding hydrogens is 95.1 g/mol. The van der Waals surface area contributed by atoms with Gasteiger partial charge in [-0.3, -0.25) is 0 Å². The molecule has 0 aromatic carbocycles. The normalized spacial score (nSPS) is 14.1. The average molecular weight is 106 g/mol. The Bertz CT molecular complexity index is 40.7. The highest BCUT2D eigenvalue weighted by Gasteiger charge is 1.98. The van der Waals surface area contributed by atoms with Crippen molar-refractivity contribution < 1.29 is 4.39 Å². The lowest BCUT2D eigenvalue weighted by molar-refractivity contribution is 0.326. The first kappa shape index (κ1) is 6.85. The molecule has 0 amide bonds. The van der Waals surface area contributed by atoms with Crippen LogP contribution < -0.4 is 11.5 Å². The largest absolute Gasteiger partial charge is 0.330 e. The summed E-state index contributed by atoms with van der Waals surface area (Å²) in [5.74, 6) is 0. The second-order valence-corrected chi connectivity index (χ2v) is 1.41. The SMILES string of the molecule is NCCC(F)CN. The van der Waals surface area contributed by atoms with Gasteiger partial charge in [-0.05, 0) is 13.0 Å². The fourth-order valence-electron chi connectivity index (χ4n) is 0.299. The highest BCUT2D eigenvalue weighted by Crippen LogP contribution is 1.90. The molecule has 3 heteroatoms. The summed E-state index contributed by atoms with van der Waals surface area (Å²) in [5.41, 5.74) is 9.94. The van der Waals surface area contributed by atoms with Gasteiger partial charge in [0.1, 0.15) is 6.17 Å². The maximum atomic E-state index is 11.9. The van der Waals surface area contributed by atoms with Gasteiger partial charge in [-0.2, -0.15) is 0 Å². The van der Waals surface area contributed by atoms with Crippen LogP contribution in [0.1, 0.15) is 6.42 Å². The molecular formula is C4H11FN2. The van der Waals surface area contributed by atoms with Crippen molar-refractivity contribution in [3.63, 3.8) is 0 Å². The van der Waals surface area contributed by atoms with Crippen LogP contribution in [-0.2, 0) is 0 Å². The van der Waals surface area contributed by atoms with Gasteiger partial charge in [0.05, 0.1) is 0 Å². The zero-order valence-electron chi connectivity index (χ0n) is 4.23. The van der Waals surface area contributed by atoms with E-state index in [1.807, 2.05) is 0 Å². The van der Waals surface area contributed by atoms with E-state index in [4.69, 9.17) is 11.5 Å². The summed E-state index contributed by atoms with van der Waals surface area (Å²) in [6.45, 7) is 0.482. The molecule has 1 unspecified atom stereocenters. The molecule has 44 valence electrons. The van der Waals surface area contributed by atoms with E-state index >= 15 is 0 Å². The maximum Gasteiger partial charge on any atom is 0.113 e. The molecule has 0 radical (unpaired) electrons. The van der Waals surface area contributed by atoms with E-state index in [-0.39, 0.29) is 6.54 Å². The van der Waals surface area contributed by atoms with Crippen molar-refractivity contribution in [1.82, 2.24) is 0 Å². The molecule has 0 aromatic rings. The van der Waals surface area contributed by atoms with E-state index in [0.29, 0.717) is 13.0 Å². The smallest absolute Gasteiger partial charge is 0.113 e. The van der Waals surface area contributed by atoms with E-state index in [9.17, 15) is 4.39 Å². The van der Waals surface area contributed by atoms with Crippen molar-refractivity contribution in [3.05, 3.63) is 0 Å². The van der Waals surface area contributed by atoms with E-state index in [0.717, 1.165) is 0 Å². The summed E-state index contributed by atoms with van der Waals surface area (Å²) in [6.07, 6.45) is -0.513. The Balaban J connectivity index is 2.83. The maximum absolute atomic E-state index is 11.9. The molecule has 0 aliphatic rings. The van der Waals surface area contributed by atoms with Gasteiger partial charge in [0.2, 0.25) is 0 Å². The summed E-state index contributed by atoms with van der Waals surface area (Å²) in [7, 11) is 0.